The lowest BCUT2D eigenvalue weighted by atomic mass is 9.89. The topological polar surface area (TPSA) is 34.0 Å². The van der Waals surface area contributed by atoms with E-state index in [1.54, 1.807) is 0 Å². The maximum absolute atomic E-state index is 4.69. The van der Waals surface area contributed by atoms with E-state index in [2.05, 4.69) is 63.9 Å². The van der Waals surface area contributed by atoms with Crippen molar-refractivity contribution in [2.75, 3.05) is 20.1 Å². The molecule has 0 spiro atoms. The van der Waals surface area contributed by atoms with Crippen LogP contribution in [0.5, 0.6) is 0 Å². The Hall–Kier alpha value is -2.20. The highest BCUT2D eigenvalue weighted by atomic mass is 15.2. The molecule has 0 unspecified atom stereocenters. The van der Waals surface area contributed by atoms with Crippen LogP contribution in [-0.2, 0) is 0 Å². The first-order valence-electron chi connectivity index (χ1n) is 8.83. The average Bonchev–Trinajstić information content (AvgIpc) is 3.10. The van der Waals surface area contributed by atoms with Gasteiger partial charge >= 0.3 is 0 Å². The summed E-state index contributed by atoms with van der Waals surface area (Å²) in [7, 11) is 2.23. The van der Waals surface area contributed by atoms with Gasteiger partial charge in [-0.25, -0.2) is 4.98 Å². The first-order valence-corrected chi connectivity index (χ1v) is 8.83. The Balaban J connectivity index is 1.73. The summed E-state index contributed by atoms with van der Waals surface area (Å²) in [6, 6.07) is 11.1. The van der Waals surface area contributed by atoms with E-state index in [1.807, 2.05) is 18.5 Å². The van der Waals surface area contributed by atoms with Crippen LogP contribution in [0.2, 0.25) is 0 Å². The summed E-state index contributed by atoms with van der Waals surface area (Å²) >= 11 is 0. The molecule has 0 aliphatic carbocycles. The SMILES string of the molecule is CC[C@@H]1CN(C)CC[C@H]1n1ccnc1-c1ccc2ncccc2c1. The number of hydrogen-bond acceptors (Lipinski definition) is 3. The molecule has 0 amide bonds. The number of aromatic nitrogens is 3. The van der Waals surface area contributed by atoms with Gasteiger partial charge in [0.15, 0.2) is 0 Å². The van der Waals surface area contributed by atoms with Gasteiger partial charge in [-0.15, -0.1) is 0 Å². The molecule has 0 N–H and O–H groups in total. The molecule has 124 valence electrons. The molecule has 2 aromatic heterocycles. The average molecular weight is 320 g/mol. The van der Waals surface area contributed by atoms with Gasteiger partial charge < -0.3 is 9.47 Å². The smallest absolute Gasteiger partial charge is 0.140 e. The van der Waals surface area contributed by atoms with Crippen LogP contribution in [0.15, 0.2) is 48.9 Å². The second kappa shape index (κ2) is 6.36. The summed E-state index contributed by atoms with van der Waals surface area (Å²) in [6.45, 7) is 4.62. The zero-order chi connectivity index (χ0) is 16.5. The van der Waals surface area contributed by atoms with Gasteiger partial charge in [-0.1, -0.05) is 19.4 Å². The van der Waals surface area contributed by atoms with Crippen LogP contribution in [-0.4, -0.2) is 39.6 Å². The number of benzene rings is 1. The van der Waals surface area contributed by atoms with Gasteiger partial charge in [0, 0.05) is 42.1 Å². The highest BCUT2D eigenvalue weighted by Gasteiger charge is 2.29. The molecule has 1 aromatic carbocycles. The van der Waals surface area contributed by atoms with Crippen molar-refractivity contribution in [2.45, 2.75) is 25.8 Å². The molecule has 1 aliphatic heterocycles. The minimum atomic E-state index is 0.535. The van der Waals surface area contributed by atoms with E-state index in [9.17, 15) is 0 Å². The van der Waals surface area contributed by atoms with Crippen molar-refractivity contribution >= 4 is 10.9 Å². The van der Waals surface area contributed by atoms with Crippen LogP contribution < -0.4 is 0 Å². The molecule has 4 rings (SSSR count). The number of likely N-dealkylation sites (tertiary alicyclic amines) is 1. The highest BCUT2D eigenvalue weighted by Crippen LogP contribution is 2.34. The van der Waals surface area contributed by atoms with Crippen LogP contribution >= 0.6 is 0 Å². The number of imidazole rings is 1. The maximum Gasteiger partial charge on any atom is 0.140 e. The summed E-state index contributed by atoms with van der Waals surface area (Å²) in [6.07, 6.45) is 8.32. The van der Waals surface area contributed by atoms with Crippen molar-refractivity contribution in [3.05, 3.63) is 48.9 Å². The quantitative estimate of drug-likeness (QED) is 0.731. The third-order valence-corrected chi connectivity index (χ3v) is 5.31. The molecule has 24 heavy (non-hydrogen) atoms. The number of nitrogens with zero attached hydrogens (tertiary/aromatic N) is 4. The molecule has 4 heteroatoms. The zero-order valence-electron chi connectivity index (χ0n) is 14.4. The van der Waals surface area contributed by atoms with E-state index in [0.29, 0.717) is 12.0 Å². The fraction of sp³-hybridized carbons (Fsp3) is 0.400. The van der Waals surface area contributed by atoms with Gasteiger partial charge in [-0.05, 0) is 50.2 Å². The normalized spacial score (nSPS) is 22.1. The van der Waals surface area contributed by atoms with E-state index < -0.39 is 0 Å². The summed E-state index contributed by atoms with van der Waals surface area (Å²) in [5, 5.41) is 1.17. The van der Waals surface area contributed by atoms with Crippen LogP contribution in [0, 0.1) is 5.92 Å². The number of pyridine rings is 1. The third-order valence-electron chi connectivity index (χ3n) is 5.31. The second-order valence-electron chi connectivity index (χ2n) is 6.86. The van der Waals surface area contributed by atoms with E-state index >= 15 is 0 Å². The standard InChI is InChI=1S/C20H24N4/c1-3-15-14-23(2)11-8-19(15)24-12-10-22-20(24)17-6-7-18-16(13-17)5-4-9-21-18/h4-7,9-10,12-13,15,19H,3,8,11,14H2,1-2H3/t15-,19-/m1/s1. The van der Waals surface area contributed by atoms with Crippen molar-refractivity contribution in [3.63, 3.8) is 0 Å². The van der Waals surface area contributed by atoms with E-state index in [0.717, 1.165) is 17.9 Å². The minimum Gasteiger partial charge on any atom is -0.328 e. The van der Waals surface area contributed by atoms with Gasteiger partial charge in [0.25, 0.3) is 0 Å². The van der Waals surface area contributed by atoms with E-state index in [1.165, 1.54) is 30.3 Å². The molecular formula is C20H24N4. The van der Waals surface area contributed by atoms with Crippen molar-refractivity contribution in [2.24, 2.45) is 5.92 Å². The second-order valence-corrected chi connectivity index (χ2v) is 6.86. The first kappa shape index (κ1) is 15.3. The van der Waals surface area contributed by atoms with Gasteiger partial charge in [0.1, 0.15) is 5.82 Å². The number of rotatable bonds is 3. The van der Waals surface area contributed by atoms with Gasteiger partial charge in [-0.2, -0.15) is 0 Å². The van der Waals surface area contributed by atoms with Crippen LogP contribution in [0.1, 0.15) is 25.8 Å². The Labute approximate surface area is 143 Å². The summed E-state index contributed by atoms with van der Waals surface area (Å²) < 4.78 is 2.40. The van der Waals surface area contributed by atoms with Crippen LogP contribution in [0.25, 0.3) is 22.3 Å². The van der Waals surface area contributed by atoms with Gasteiger partial charge in [0.2, 0.25) is 0 Å². The summed E-state index contributed by atoms with van der Waals surface area (Å²) in [5.74, 6) is 1.76. The van der Waals surface area contributed by atoms with Crippen LogP contribution in [0.4, 0.5) is 0 Å². The first-order chi connectivity index (χ1) is 11.8. The molecule has 4 nitrogen and oxygen atoms in total. The molecule has 1 saturated heterocycles. The largest absolute Gasteiger partial charge is 0.328 e. The van der Waals surface area contributed by atoms with Crippen molar-refractivity contribution in [1.82, 2.24) is 19.4 Å². The lowest BCUT2D eigenvalue weighted by Gasteiger charge is -2.37. The predicted molar refractivity (Wildman–Crippen MR) is 97.9 cm³/mol. The van der Waals surface area contributed by atoms with Crippen molar-refractivity contribution in [3.8, 4) is 11.4 Å². The molecule has 3 aromatic rings. The molecular weight excluding hydrogens is 296 g/mol. The van der Waals surface area contributed by atoms with Crippen LogP contribution in [0.3, 0.4) is 0 Å². The maximum atomic E-state index is 4.69. The van der Waals surface area contributed by atoms with Crippen molar-refractivity contribution in [1.29, 1.82) is 0 Å². The lowest BCUT2D eigenvalue weighted by Crippen LogP contribution is -2.38. The summed E-state index contributed by atoms with van der Waals surface area (Å²) in [4.78, 5) is 11.5. The van der Waals surface area contributed by atoms with E-state index in [-0.39, 0.29) is 0 Å². The monoisotopic (exact) mass is 320 g/mol. The Kier molecular flexibility index (Phi) is 4.07. The predicted octanol–water partition coefficient (Wildman–Crippen LogP) is 4.00. The van der Waals surface area contributed by atoms with Gasteiger partial charge in [-0.3, -0.25) is 4.98 Å². The lowest BCUT2D eigenvalue weighted by molar-refractivity contribution is 0.144. The molecule has 0 bridgehead atoms. The highest BCUT2D eigenvalue weighted by molar-refractivity contribution is 5.83. The Bertz CT molecular complexity index is 838. The number of hydrogen-bond donors (Lipinski definition) is 0. The molecule has 2 atom stereocenters. The molecule has 1 fully saturated rings. The minimum absolute atomic E-state index is 0.535. The molecule has 0 saturated carbocycles. The number of piperidine rings is 1. The van der Waals surface area contributed by atoms with E-state index in [4.69, 9.17) is 0 Å². The third kappa shape index (κ3) is 2.71. The molecule has 0 radical (unpaired) electrons. The fourth-order valence-electron chi connectivity index (χ4n) is 3.99. The Morgan fingerprint density at radius 3 is 2.96 bits per heavy atom. The molecule has 1 aliphatic rings. The number of fused-ring (bicyclic) bond motifs is 1. The zero-order valence-corrected chi connectivity index (χ0v) is 14.4. The molecule has 3 heterocycles. The Morgan fingerprint density at radius 1 is 1.17 bits per heavy atom. The Morgan fingerprint density at radius 2 is 2.08 bits per heavy atom. The van der Waals surface area contributed by atoms with Gasteiger partial charge in [0.05, 0.1) is 5.52 Å². The summed E-state index contributed by atoms with van der Waals surface area (Å²) in [5.41, 5.74) is 2.21. The van der Waals surface area contributed by atoms with Crippen molar-refractivity contribution < 1.29 is 0 Å². The fourth-order valence-corrected chi connectivity index (χ4v) is 3.99.